The van der Waals surface area contributed by atoms with Crippen molar-refractivity contribution in [2.45, 2.75) is 4.90 Å². The SMILES string of the molecule is CN(CCS(=O)(=O)c1ccc(Br)cc1)CC(=O)Nc1ccccc1Br. The fourth-order valence-corrected chi connectivity index (χ4v) is 4.10. The van der Waals surface area contributed by atoms with Crippen LogP contribution in [0.25, 0.3) is 0 Å². The van der Waals surface area contributed by atoms with E-state index in [-0.39, 0.29) is 29.6 Å². The van der Waals surface area contributed by atoms with Crippen LogP contribution in [0.5, 0.6) is 0 Å². The molecule has 8 heteroatoms. The number of carbonyl (C=O) groups is 1. The van der Waals surface area contributed by atoms with Crippen LogP contribution in [0.15, 0.2) is 62.4 Å². The highest BCUT2D eigenvalue weighted by Gasteiger charge is 2.16. The molecule has 2 aromatic rings. The van der Waals surface area contributed by atoms with Crippen LogP contribution in [0, 0.1) is 0 Å². The van der Waals surface area contributed by atoms with Gasteiger partial charge < -0.3 is 5.32 Å². The molecular formula is C17H18Br2N2O3S. The van der Waals surface area contributed by atoms with Crippen molar-refractivity contribution >= 4 is 53.3 Å². The van der Waals surface area contributed by atoms with Gasteiger partial charge in [0.05, 0.1) is 22.9 Å². The number of para-hydroxylation sites is 1. The molecule has 1 amide bonds. The van der Waals surface area contributed by atoms with Crippen LogP contribution in [-0.2, 0) is 14.6 Å². The fourth-order valence-electron chi connectivity index (χ4n) is 2.11. The number of benzene rings is 2. The van der Waals surface area contributed by atoms with E-state index in [1.54, 1.807) is 42.3 Å². The molecule has 0 heterocycles. The van der Waals surface area contributed by atoms with Gasteiger partial charge in [0.2, 0.25) is 5.91 Å². The van der Waals surface area contributed by atoms with Crippen molar-refractivity contribution in [2.75, 3.05) is 31.2 Å². The van der Waals surface area contributed by atoms with Gasteiger partial charge in [0.1, 0.15) is 0 Å². The lowest BCUT2D eigenvalue weighted by atomic mass is 10.3. The lowest BCUT2D eigenvalue weighted by Gasteiger charge is -2.16. The molecule has 5 nitrogen and oxygen atoms in total. The van der Waals surface area contributed by atoms with Crippen molar-refractivity contribution in [1.29, 1.82) is 0 Å². The van der Waals surface area contributed by atoms with E-state index in [4.69, 9.17) is 0 Å². The number of hydrogen-bond acceptors (Lipinski definition) is 4. The third kappa shape index (κ3) is 6.22. The monoisotopic (exact) mass is 488 g/mol. The lowest BCUT2D eigenvalue weighted by molar-refractivity contribution is -0.117. The van der Waals surface area contributed by atoms with Gasteiger partial charge in [-0.25, -0.2) is 8.42 Å². The number of halogens is 2. The number of likely N-dealkylation sites (N-methyl/N-ethyl adjacent to an activating group) is 1. The van der Waals surface area contributed by atoms with Gasteiger partial charge in [-0.15, -0.1) is 0 Å². The van der Waals surface area contributed by atoms with E-state index >= 15 is 0 Å². The van der Waals surface area contributed by atoms with E-state index in [0.717, 1.165) is 8.95 Å². The lowest BCUT2D eigenvalue weighted by Crippen LogP contribution is -2.33. The summed E-state index contributed by atoms with van der Waals surface area (Å²) < 4.78 is 26.3. The number of anilines is 1. The van der Waals surface area contributed by atoms with Crippen molar-refractivity contribution in [3.63, 3.8) is 0 Å². The maximum absolute atomic E-state index is 12.3. The van der Waals surface area contributed by atoms with Crippen molar-refractivity contribution < 1.29 is 13.2 Å². The summed E-state index contributed by atoms with van der Waals surface area (Å²) in [5, 5.41) is 2.79. The molecule has 134 valence electrons. The Kier molecular flexibility index (Phi) is 7.18. The third-order valence-electron chi connectivity index (χ3n) is 3.48. The van der Waals surface area contributed by atoms with Crippen LogP contribution in [0.3, 0.4) is 0 Å². The van der Waals surface area contributed by atoms with Gasteiger partial charge in [0, 0.05) is 15.5 Å². The molecule has 0 spiro atoms. The first-order valence-electron chi connectivity index (χ1n) is 7.49. The van der Waals surface area contributed by atoms with Gasteiger partial charge in [-0.3, -0.25) is 9.69 Å². The summed E-state index contributed by atoms with van der Waals surface area (Å²) in [6, 6.07) is 13.8. The molecule has 2 aromatic carbocycles. The predicted molar refractivity (Wildman–Crippen MR) is 106 cm³/mol. The summed E-state index contributed by atoms with van der Waals surface area (Å²) >= 11 is 6.65. The Morgan fingerprint density at radius 3 is 2.36 bits per heavy atom. The first kappa shape index (κ1) is 20.1. The third-order valence-corrected chi connectivity index (χ3v) is 6.41. The molecule has 0 aliphatic carbocycles. The Labute approximate surface area is 164 Å². The average Bonchev–Trinajstić information content (AvgIpc) is 2.55. The second-order valence-electron chi connectivity index (χ2n) is 5.54. The summed E-state index contributed by atoms with van der Waals surface area (Å²) in [7, 11) is -1.66. The largest absolute Gasteiger partial charge is 0.324 e. The fraction of sp³-hybridized carbons (Fsp3) is 0.235. The van der Waals surface area contributed by atoms with Gasteiger partial charge in [-0.05, 0) is 59.4 Å². The summed E-state index contributed by atoms with van der Waals surface area (Å²) in [6.45, 7) is 0.374. The molecule has 0 radical (unpaired) electrons. The molecule has 0 unspecified atom stereocenters. The van der Waals surface area contributed by atoms with Gasteiger partial charge in [-0.2, -0.15) is 0 Å². The Balaban J connectivity index is 1.87. The summed E-state index contributed by atoms with van der Waals surface area (Å²) in [4.78, 5) is 14.0. The number of nitrogens with one attached hydrogen (secondary N) is 1. The minimum atomic E-state index is -3.38. The maximum atomic E-state index is 12.3. The molecule has 0 fully saturated rings. The van der Waals surface area contributed by atoms with Crippen LogP contribution < -0.4 is 5.32 Å². The Bertz CT molecular complexity index is 839. The Morgan fingerprint density at radius 1 is 1.08 bits per heavy atom. The van der Waals surface area contributed by atoms with Crippen LogP contribution in [0.1, 0.15) is 0 Å². The molecule has 0 aliphatic heterocycles. The first-order chi connectivity index (χ1) is 11.8. The van der Waals surface area contributed by atoms with Gasteiger partial charge in [0.15, 0.2) is 9.84 Å². The predicted octanol–water partition coefficient (Wildman–Crippen LogP) is 3.56. The molecule has 0 saturated heterocycles. The van der Waals surface area contributed by atoms with Crippen molar-refractivity contribution in [3.05, 3.63) is 57.5 Å². The van der Waals surface area contributed by atoms with E-state index in [2.05, 4.69) is 37.2 Å². The van der Waals surface area contributed by atoms with Crippen molar-refractivity contribution in [3.8, 4) is 0 Å². The Hall–Kier alpha value is -1.22. The van der Waals surface area contributed by atoms with E-state index in [0.29, 0.717) is 5.69 Å². The summed E-state index contributed by atoms with van der Waals surface area (Å²) in [5.74, 6) is -0.247. The van der Waals surface area contributed by atoms with Gasteiger partial charge >= 0.3 is 0 Å². The smallest absolute Gasteiger partial charge is 0.238 e. The number of nitrogens with zero attached hydrogens (tertiary/aromatic N) is 1. The highest BCUT2D eigenvalue weighted by atomic mass is 79.9. The van der Waals surface area contributed by atoms with Crippen LogP contribution in [0.4, 0.5) is 5.69 Å². The molecule has 25 heavy (non-hydrogen) atoms. The quantitative estimate of drug-likeness (QED) is 0.645. The summed E-state index contributed by atoms with van der Waals surface area (Å²) in [5.41, 5.74) is 0.684. The summed E-state index contributed by atoms with van der Waals surface area (Å²) in [6.07, 6.45) is 0. The second-order valence-corrected chi connectivity index (χ2v) is 9.42. The average molecular weight is 490 g/mol. The van der Waals surface area contributed by atoms with Crippen LogP contribution in [0.2, 0.25) is 0 Å². The van der Waals surface area contributed by atoms with E-state index < -0.39 is 9.84 Å². The number of amides is 1. The zero-order valence-electron chi connectivity index (χ0n) is 13.6. The number of hydrogen-bond donors (Lipinski definition) is 1. The standard InChI is InChI=1S/C17H18Br2N2O3S/c1-21(12-17(22)20-16-5-3-2-4-15(16)19)10-11-25(23,24)14-8-6-13(18)7-9-14/h2-9H,10-12H2,1H3,(H,20,22). The van der Waals surface area contributed by atoms with Crippen LogP contribution in [-0.4, -0.2) is 45.1 Å². The minimum Gasteiger partial charge on any atom is -0.324 e. The van der Waals surface area contributed by atoms with Crippen LogP contribution >= 0.6 is 31.9 Å². The zero-order chi connectivity index (χ0) is 18.4. The van der Waals surface area contributed by atoms with E-state index in [9.17, 15) is 13.2 Å². The number of sulfone groups is 1. The molecule has 0 saturated carbocycles. The normalized spacial score (nSPS) is 11.5. The molecule has 1 N–H and O–H groups in total. The van der Waals surface area contributed by atoms with Crippen molar-refractivity contribution in [1.82, 2.24) is 4.90 Å². The first-order valence-corrected chi connectivity index (χ1v) is 10.7. The topological polar surface area (TPSA) is 66.5 Å². The molecule has 2 rings (SSSR count). The van der Waals surface area contributed by atoms with E-state index in [1.807, 2.05) is 18.2 Å². The Morgan fingerprint density at radius 2 is 1.72 bits per heavy atom. The maximum Gasteiger partial charge on any atom is 0.238 e. The van der Waals surface area contributed by atoms with E-state index in [1.165, 1.54) is 0 Å². The molecule has 0 bridgehead atoms. The van der Waals surface area contributed by atoms with Gasteiger partial charge in [0.25, 0.3) is 0 Å². The highest BCUT2D eigenvalue weighted by molar-refractivity contribution is 9.10. The van der Waals surface area contributed by atoms with Crippen molar-refractivity contribution in [2.24, 2.45) is 0 Å². The van der Waals surface area contributed by atoms with Gasteiger partial charge in [-0.1, -0.05) is 28.1 Å². The molecular weight excluding hydrogens is 472 g/mol. The minimum absolute atomic E-state index is 0.0482. The number of carbonyl (C=O) groups excluding carboxylic acids is 1. The second kappa shape index (κ2) is 8.93. The zero-order valence-corrected chi connectivity index (χ0v) is 17.6. The molecule has 0 atom stereocenters. The number of rotatable bonds is 7. The molecule has 0 aromatic heterocycles. The molecule has 0 aliphatic rings. The highest BCUT2D eigenvalue weighted by Crippen LogP contribution is 2.21.